The summed E-state index contributed by atoms with van der Waals surface area (Å²) in [6, 6.07) is 3.72. The molecule has 1 aromatic carbocycles. The summed E-state index contributed by atoms with van der Waals surface area (Å²) in [4.78, 5) is 47.2. The lowest BCUT2D eigenvalue weighted by molar-refractivity contribution is -0.385. The van der Waals surface area contributed by atoms with Gasteiger partial charge in [-0.05, 0) is 31.6 Å². The maximum Gasteiger partial charge on any atom is 0.514 e. The number of nitro benzene ring substituents is 1. The standard InChI is InChI=1S/C20H24N4O8/c1-4-17(25)22-7-8-31-20(28)32-16-11-13(10-15(18(16)26)24(29)30)9-14(12-21)19(27)23(5-2)6-3/h9-11,26H,4-8H2,1-3H3,(H,22,25). The number of likely N-dealkylation sites (N-methyl/N-ethyl adjacent to an activating group) is 1. The van der Waals surface area contributed by atoms with Gasteiger partial charge in [-0.15, -0.1) is 0 Å². The van der Waals surface area contributed by atoms with Gasteiger partial charge in [0.15, 0.2) is 5.75 Å². The number of amides is 2. The molecular formula is C20H24N4O8. The molecule has 0 fully saturated rings. The molecule has 2 N–H and O–H groups in total. The first-order valence-electron chi connectivity index (χ1n) is 9.72. The lowest BCUT2D eigenvalue weighted by Crippen LogP contribution is -2.31. The van der Waals surface area contributed by atoms with Crippen molar-refractivity contribution in [1.82, 2.24) is 10.2 Å². The zero-order valence-corrected chi connectivity index (χ0v) is 17.9. The maximum absolute atomic E-state index is 12.4. The molecule has 2 amide bonds. The van der Waals surface area contributed by atoms with Crippen molar-refractivity contribution in [3.05, 3.63) is 33.4 Å². The van der Waals surface area contributed by atoms with Gasteiger partial charge in [0.25, 0.3) is 5.91 Å². The molecule has 172 valence electrons. The van der Waals surface area contributed by atoms with Crippen LogP contribution >= 0.6 is 0 Å². The average Bonchev–Trinajstić information content (AvgIpc) is 2.77. The number of carbonyl (C=O) groups is 3. The Morgan fingerprint density at radius 3 is 2.47 bits per heavy atom. The topological polar surface area (TPSA) is 172 Å². The zero-order chi connectivity index (χ0) is 24.3. The van der Waals surface area contributed by atoms with Crippen molar-refractivity contribution in [3.8, 4) is 17.6 Å². The van der Waals surface area contributed by atoms with E-state index in [2.05, 4.69) is 5.32 Å². The molecule has 1 aromatic rings. The second-order valence-corrected chi connectivity index (χ2v) is 6.20. The fraction of sp³-hybridized carbons (Fsp3) is 0.400. The minimum absolute atomic E-state index is 0.0235. The van der Waals surface area contributed by atoms with E-state index in [9.17, 15) is 34.9 Å². The lowest BCUT2D eigenvalue weighted by Gasteiger charge is -2.17. The summed E-state index contributed by atoms with van der Waals surface area (Å²) in [5, 5.41) is 33.2. The van der Waals surface area contributed by atoms with Gasteiger partial charge in [0.05, 0.1) is 11.5 Å². The molecule has 32 heavy (non-hydrogen) atoms. The molecule has 0 radical (unpaired) electrons. The number of benzene rings is 1. The summed E-state index contributed by atoms with van der Waals surface area (Å²) in [7, 11) is 0. The van der Waals surface area contributed by atoms with Crippen LogP contribution in [0.2, 0.25) is 0 Å². The Morgan fingerprint density at radius 1 is 1.28 bits per heavy atom. The van der Waals surface area contributed by atoms with Gasteiger partial charge in [-0.1, -0.05) is 6.92 Å². The van der Waals surface area contributed by atoms with E-state index in [1.54, 1.807) is 26.8 Å². The van der Waals surface area contributed by atoms with Crippen molar-refractivity contribution in [2.75, 3.05) is 26.2 Å². The fourth-order valence-electron chi connectivity index (χ4n) is 2.47. The number of aromatic hydroxyl groups is 1. The molecule has 0 aliphatic rings. The number of rotatable bonds is 10. The second kappa shape index (κ2) is 12.5. The quantitative estimate of drug-likeness (QED) is 0.103. The van der Waals surface area contributed by atoms with Gasteiger partial charge in [-0.2, -0.15) is 5.26 Å². The van der Waals surface area contributed by atoms with Crippen molar-refractivity contribution >= 4 is 29.7 Å². The maximum atomic E-state index is 12.4. The number of hydrogen-bond donors (Lipinski definition) is 2. The molecule has 0 saturated heterocycles. The second-order valence-electron chi connectivity index (χ2n) is 6.20. The molecule has 0 unspecified atom stereocenters. The lowest BCUT2D eigenvalue weighted by atomic mass is 10.1. The third-order valence-electron chi connectivity index (χ3n) is 4.14. The highest BCUT2D eigenvalue weighted by atomic mass is 16.7. The Balaban J connectivity index is 3.15. The van der Waals surface area contributed by atoms with Gasteiger partial charge < -0.3 is 24.8 Å². The van der Waals surface area contributed by atoms with E-state index in [1.807, 2.05) is 0 Å². The van der Waals surface area contributed by atoms with Crippen molar-refractivity contribution in [2.24, 2.45) is 0 Å². The zero-order valence-electron chi connectivity index (χ0n) is 17.9. The predicted octanol–water partition coefficient (Wildman–Crippen LogP) is 2.12. The van der Waals surface area contributed by atoms with Crippen molar-refractivity contribution in [3.63, 3.8) is 0 Å². The number of ether oxygens (including phenoxy) is 2. The molecule has 0 heterocycles. The van der Waals surface area contributed by atoms with Gasteiger partial charge in [0.2, 0.25) is 11.7 Å². The van der Waals surface area contributed by atoms with E-state index in [0.29, 0.717) is 13.1 Å². The van der Waals surface area contributed by atoms with Crippen LogP contribution in [-0.4, -0.2) is 59.1 Å². The summed E-state index contributed by atoms with van der Waals surface area (Å²) in [5.41, 5.74) is -1.12. The molecular weight excluding hydrogens is 424 g/mol. The van der Waals surface area contributed by atoms with Crippen LogP contribution in [0.3, 0.4) is 0 Å². The highest BCUT2D eigenvalue weighted by Gasteiger charge is 2.23. The van der Waals surface area contributed by atoms with Gasteiger partial charge in [0, 0.05) is 25.6 Å². The van der Waals surface area contributed by atoms with E-state index in [-0.39, 0.29) is 36.6 Å². The van der Waals surface area contributed by atoms with Crippen LogP contribution < -0.4 is 10.1 Å². The fourth-order valence-corrected chi connectivity index (χ4v) is 2.47. The van der Waals surface area contributed by atoms with Crippen LogP contribution in [-0.2, 0) is 14.3 Å². The molecule has 0 aliphatic heterocycles. The summed E-state index contributed by atoms with van der Waals surface area (Å²) in [5.74, 6) is -2.36. The highest BCUT2D eigenvalue weighted by molar-refractivity contribution is 6.01. The summed E-state index contributed by atoms with van der Waals surface area (Å²) in [6.45, 7) is 5.60. The van der Waals surface area contributed by atoms with E-state index in [0.717, 1.165) is 18.2 Å². The number of phenols is 1. The summed E-state index contributed by atoms with van der Waals surface area (Å²) in [6.07, 6.45) is 0.0659. The number of phenolic OH excluding ortho intramolecular Hbond substituents is 1. The largest absolute Gasteiger partial charge is 0.514 e. The van der Waals surface area contributed by atoms with Gasteiger partial charge in [0.1, 0.15) is 18.2 Å². The SMILES string of the molecule is CCC(=O)NCCOC(=O)Oc1cc(C=C(C#N)C(=O)N(CC)CC)cc([N+](=O)[O-])c1O. The van der Waals surface area contributed by atoms with E-state index >= 15 is 0 Å². The Bertz CT molecular complexity index is 948. The third kappa shape index (κ3) is 7.28. The molecule has 0 aliphatic carbocycles. The molecule has 0 saturated carbocycles. The van der Waals surface area contributed by atoms with Gasteiger partial charge in [-0.25, -0.2) is 4.79 Å². The van der Waals surface area contributed by atoms with Crippen molar-refractivity contribution in [1.29, 1.82) is 5.26 Å². The molecule has 0 atom stereocenters. The number of hydrogen-bond acceptors (Lipinski definition) is 9. The van der Waals surface area contributed by atoms with E-state index < -0.39 is 34.2 Å². The number of nitriles is 1. The molecule has 12 heteroatoms. The molecule has 12 nitrogen and oxygen atoms in total. The van der Waals surface area contributed by atoms with Crippen LogP contribution in [0.5, 0.6) is 11.5 Å². The van der Waals surface area contributed by atoms with Crippen LogP contribution in [0.15, 0.2) is 17.7 Å². The first-order chi connectivity index (χ1) is 15.2. The minimum atomic E-state index is -1.28. The first-order valence-corrected chi connectivity index (χ1v) is 9.72. The van der Waals surface area contributed by atoms with Gasteiger partial charge in [-0.3, -0.25) is 19.7 Å². The Morgan fingerprint density at radius 2 is 1.94 bits per heavy atom. The Hall–Kier alpha value is -4.14. The first kappa shape index (κ1) is 25.9. The molecule has 0 aromatic heterocycles. The third-order valence-corrected chi connectivity index (χ3v) is 4.14. The number of carbonyl (C=O) groups excluding carboxylic acids is 3. The van der Waals surface area contributed by atoms with Gasteiger partial charge >= 0.3 is 11.8 Å². The summed E-state index contributed by atoms with van der Waals surface area (Å²) < 4.78 is 9.59. The van der Waals surface area contributed by atoms with Crippen molar-refractivity contribution < 1.29 is 33.9 Å². The number of nitro groups is 1. The monoisotopic (exact) mass is 448 g/mol. The van der Waals surface area contributed by atoms with E-state index in [1.165, 1.54) is 4.90 Å². The van der Waals surface area contributed by atoms with Crippen LogP contribution in [0, 0.1) is 21.4 Å². The molecule has 0 spiro atoms. The van der Waals surface area contributed by atoms with E-state index in [4.69, 9.17) is 9.47 Å². The molecule has 0 bridgehead atoms. The Labute approximate surface area is 184 Å². The van der Waals surface area contributed by atoms with Crippen LogP contribution in [0.1, 0.15) is 32.8 Å². The predicted molar refractivity (Wildman–Crippen MR) is 112 cm³/mol. The molecule has 1 rings (SSSR count). The summed E-state index contributed by atoms with van der Waals surface area (Å²) >= 11 is 0. The Kier molecular flexibility index (Phi) is 10.1. The van der Waals surface area contributed by atoms with Crippen molar-refractivity contribution in [2.45, 2.75) is 27.2 Å². The van der Waals surface area contributed by atoms with Crippen LogP contribution in [0.4, 0.5) is 10.5 Å². The van der Waals surface area contributed by atoms with Crippen LogP contribution in [0.25, 0.3) is 6.08 Å². The number of nitrogens with zero attached hydrogens (tertiary/aromatic N) is 3. The normalized spacial score (nSPS) is 10.6. The number of nitrogens with one attached hydrogen (secondary N) is 1. The highest BCUT2D eigenvalue weighted by Crippen LogP contribution is 2.38. The smallest absolute Gasteiger partial charge is 0.499 e. The average molecular weight is 448 g/mol. The minimum Gasteiger partial charge on any atom is -0.499 e.